The lowest BCUT2D eigenvalue weighted by Crippen LogP contribution is -1.97. The molecule has 3 heteroatoms. The highest BCUT2D eigenvalue weighted by atomic mass is 27.0. The maximum atomic E-state index is 10.1. The van der Waals surface area contributed by atoms with Crippen molar-refractivity contribution in [2.45, 2.75) is 20.3 Å². The van der Waals surface area contributed by atoms with Gasteiger partial charge in [0.1, 0.15) is 11.5 Å². The van der Waals surface area contributed by atoms with Gasteiger partial charge in [-0.3, -0.25) is 0 Å². The van der Waals surface area contributed by atoms with E-state index in [0.717, 1.165) is 17.5 Å². The van der Waals surface area contributed by atoms with Gasteiger partial charge in [-0.05, 0) is 30.0 Å². The van der Waals surface area contributed by atoms with Crippen molar-refractivity contribution in [1.29, 1.82) is 0 Å². The Labute approximate surface area is 124 Å². The zero-order valence-corrected chi connectivity index (χ0v) is 10.7. The monoisotopic (exact) mass is 272 g/mol. The van der Waals surface area contributed by atoms with Gasteiger partial charge in [-0.15, -0.1) is 0 Å². The minimum absolute atomic E-state index is 0. The number of phenolic OH excluding ortho intramolecular Hbond substituents is 2. The van der Waals surface area contributed by atoms with Crippen molar-refractivity contribution in [3.63, 3.8) is 0 Å². The normalized spacial score (nSPS) is 10.3. The first-order valence-corrected chi connectivity index (χ1v) is 6.19. The molecule has 19 heavy (non-hydrogen) atoms. The van der Waals surface area contributed by atoms with E-state index in [2.05, 4.69) is 13.8 Å². The summed E-state index contributed by atoms with van der Waals surface area (Å²) in [5.74, 6) is 0.912. The molecule has 0 saturated carbocycles. The van der Waals surface area contributed by atoms with E-state index in [4.69, 9.17) is 0 Å². The van der Waals surface area contributed by atoms with Crippen LogP contribution in [-0.2, 0) is 6.42 Å². The number of para-hydroxylation sites is 1. The molecule has 0 aliphatic carbocycles. The molecule has 0 atom stereocenters. The zero-order valence-electron chi connectivity index (χ0n) is 10.7. The lowest BCUT2D eigenvalue weighted by atomic mass is 9.92. The first-order chi connectivity index (χ1) is 8.59. The molecule has 0 amide bonds. The van der Waals surface area contributed by atoms with Crippen molar-refractivity contribution >= 4 is 17.4 Å². The van der Waals surface area contributed by atoms with Crippen molar-refractivity contribution in [2.75, 3.05) is 0 Å². The molecule has 0 radical (unpaired) electrons. The molecule has 0 aliphatic rings. The van der Waals surface area contributed by atoms with E-state index in [1.807, 2.05) is 24.3 Å². The Morgan fingerprint density at radius 2 is 1.53 bits per heavy atom. The van der Waals surface area contributed by atoms with Crippen LogP contribution in [0.4, 0.5) is 0 Å². The molecule has 0 aromatic heterocycles. The van der Waals surface area contributed by atoms with Crippen LogP contribution in [0.5, 0.6) is 11.5 Å². The Morgan fingerprint density at radius 1 is 0.895 bits per heavy atom. The predicted molar refractivity (Wildman–Crippen MR) is 83.7 cm³/mol. The summed E-state index contributed by atoms with van der Waals surface area (Å²) in [5, 5.41) is 20.0. The highest BCUT2D eigenvalue weighted by molar-refractivity contribution is 5.78. The number of benzene rings is 2. The number of hydrogen-bond acceptors (Lipinski definition) is 2. The fraction of sp³-hybridized carbons (Fsp3) is 0.250. The van der Waals surface area contributed by atoms with Gasteiger partial charge in [0.05, 0.1) is 0 Å². The van der Waals surface area contributed by atoms with Crippen molar-refractivity contribution in [1.82, 2.24) is 0 Å². The summed E-state index contributed by atoms with van der Waals surface area (Å²) in [6.07, 6.45) is 0.873. The summed E-state index contributed by atoms with van der Waals surface area (Å²) >= 11 is 0. The van der Waals surface area contributed by atoms with E-state index >= 15 is 0 Å². The molecule has 0 unspecified atom stereocenters. The van der Waals surface area contributed by atoms with Gasteiger partial charge in [-0.1, -0.05) is 44.2 Å². The molecule has 0 bridgehead atoms. The Balaban J connectivity index is 0.00000180. The first kappa shape index (κ1) is 15.6. The third-order valence-corrected chi connectivity index (χ3v) is 2.93. The van der Waals surface area contributed by atoms with Crippen LogP contribution in [0.15, 0.2) is 42.5 Å². The average Bonchev–Trinajstić information content (AvgIpc) is 2.30. The molecule has 0 spiro atoms. The summed E-state index contributed by atoms with van der Waals surface area (Å²) in [7, 11) is 0. The minimum Gasteiger partial charge on any atom is -0.507 e. The molecular weight excluding hydrogens is 251 g/mol. The second-order valence-electron chi connectivity index (χ2n) is 4.93. The second kappa shape index (κ2) is 6.66. The van der Waals surface area contributed by atoms with E-state index in [1.165, 1.54) is 0 Å². The predicted octanol–water partition coefficient (Wildman–Crippen LogP) is 2.78. The van der Waals surface area contributed by atoms with E-state index in [1.54, 1.807) is 18.2 Å². The summed E-state index contributed by atoms with van der Waals surface area (Å²) in [4.78, 5) is 0. The Kier molecular flexibility index (Phi) is 5.48. The lowest BCUT2D eigenvalue weighted by Gasteiger charge is -2.14. The van der Waals surface area contributed by atoms with Gasteiger partial charge >= 0.3 is 0 Å². The second-order valence-corrected chi connectivity index (χ2v) is 4.93. The Bertz CT molecular complexity index is 550. The van der Waals surface area contributed by atoms with Crippen molar-refractivity contribution in [3.8, 4) is 22.6 Å². The maximum absolute atomic E-state index is 10.1. The fourth-order valence-electron chi connectivity index (χ4n) is 2.19. The molecule has 0 fully saturated rings. The van der Waals surface area contributed by atoms with Crippen LogP contribution in [0, 0.1) is 5.92 Å². The van der Waals surface area contributed by atoms with Gasteiger partial charge < -0.3 is 10.2 Å². The van der Waals surface area contributed by atoms with Gasteiger partial charge in [-0.25, -0.2) is 0 Å². The molecule has 0 saturated heterocycles. The molecule has 2 aromatic carbocycles. The number of aromatic hydroxyl groups is 2. The van der Waals surface area contributed by atoms with Crippen LogP contribution in [0.3, 0.4) is 0 Å². The SMILES string of the molecule is CC(C)Cc1cccc(O)c1-c1ccccc1O.[AlH3]. The van der Waals surface area contributed by atoms with Crippen LogP contribution >= 0.6 is 0 Å². The van der Waals surface area contributed by atoms with E-state index < -0.39 is 0 Å². The topological polar surface area (TPSA) is 40.5 Å². The molecule has 0 aliphatic heterocycles. The molecule has 0 heterocycles. The number of phenols is 2. The molecule has 2 rings (SSSR count). The van der Waals surface area contributed by atoms with Gasteiger partial charge in [-0.2, -0.15) is 0 Å². The molecular formula is C16H21AlO2. The summed E-state index contributed by atoms with van der Waals surface area (Å²) < 4.78 is 0. The Morgan fingerprint density at radius 3 is 2.16 bits per heavy atom. The molecule has 100 valence electrons. The smallest absolute Gasteiger partial charge is 0.187 e. The third-order valence-electron chi connectivity index (χ3n) is 2.93. The van der Waals surface area contributed by atoms with Crippen molar-refractivity contribution in [2.24, 2.45) is 5.92 Å². The molecule has 2 nitrogen and oxygen atoms in total. The highest BCUT2D eigenvalue weighted by Gasteiger charge is 2.14. The van der Waals surface area contributed by atoms with Crippen molar-refractivity contribution < 1.29 is 10.2 Å². The summed E-state index contributed by atoms with van der Waals surface area (Å²) in [6, 6.07) is 12.6. The highest BCUT2D eigenvalue weighted by Crippen LogP contribution is 2.38. The van der Waals surface area contributed by atoms with Crippen molar-refractivity contribution in [3.05, 3.63) is 48.0 Å². The van der Waals surface area contributed by atoms with Gasteiger partial charge in [0.15, 0.2) is 17.4 Å². The minimum atomic E-state index is 0. The number of rotatable bonds is 3. The molecule has 2 N–H and O–H groups in total. The first-order valence-electron chi connectivity index (χ1n) is 6.19. The Hall–Kier alpha value is -1.43. The van der Waals surface area contributed by atoms with Crippen LogP contribution in [0.2, 0.25) is 0 Å². The quantitative estimate of drug-likeness (QED) is 0.843. The van der Waals surface area contributed by atoms with E-state index in [-0.39, 0.29) is 28.9 Å². The van der Waals surface area contributed by atoms with Crippen LogP contribution in [-0.4, -0.2) is 27.6 Å². The maximum Gasteiger partial charge on any atom is 0.187 e. The fourth-order valence-corrected chi connectivity index (χ4v) is 2.19. The average molecular weight is 272 g/mol. The van der Waals surface area contributed by atoms with Gasteiger partial charge in [0.25, 0.3) is 0 Å². The van der Waals surface area contributed by atoms with Gasteiger partial charge in [0, 0.05) is 11.1 Å². The van der Waals surface area contributed by atoms with Crippen LogP contribution < -0.4 is 0 Å². The third kappa shape index (κ3) is 3.53. The summed E-state index contributed by atoms with van der Waals surface area (Å²) in [5.41, 5.74) is 2.49. The largest absolute Gasteiger partial charge is 0.507 e. The van der Waals surface area contributed by atoms with Crippen LogP contribution in [0.1, 0.15) is 19.4 Å². The zero-order chi connectivity index (χ0) is 13.1. The number of hydrogen-bond donors (Lipinski definition) is 2. The lowest BCUT2D eigenvalue weighted by molar-refractivity contribution is 0.468. The van der Waals surface area contributed by atoms with Gasteiger partial charge in [0.2, 0.25) is 0 Å². The molecule has 2 aromatic rings. The summed E-state index contributed by atoms with van der Waals surface area (Å²) in [6.45, 7) is 4.28. The van der Waals surface area contributed by atoms with E-state index in [0.29, 0.717) is 11.5 Å². The van der Waals surface area contributed by atoms with E-state index in [9.17, 15) is 10.2 Å². The standard InChI is InChI=1S/C16H18O2.Al.3H/c1-11(2)10-12-6-5-9-15(18)16(12)13-7-3-4-8-14(13)17;;;;/h3-9,11,17-18H,10H2,1-2H3;;;;. The van der Waals surface area contributed by atoms with Crippen LogP contribution in [0.25, 0.3) is 11.1 Å².